The van der Waals surface area contributed by atoms with Crippen LogP contribution in [0.5, 0.6) is 5.75 Å². The van der Waals surface area contributed by atoms with Gasteiger partial charge in [0.25, 0.3) is 0 Å². The number of ether oxygens (including phenoxy) is 1. The zero-order chi connectivity index (χ0) is 15.2. The molecule has 0 saturated heterocycles. The van der Waals surface area contributed by atoms with Crippen LogP contribution in [0.25, 0.3) is 11.3 Å². The van der Waals surface area contributed by atoms with E-state index in [1.807, 2.05) is 43.3 Å². The third-order valence-corrected chi connectivity index (χ3v) is 3.47. The van der Waals surface area contributed by atoms with Crippen molar-refractivity contribution >= 4 is 17.2 Å². The molecule has 1 heterocycles. The lowest BCUT2D eigenvalue weighted by Crippen LogP contribution is -2.12. The summed E-state index contributed by atoms with van der Waals surface area (Å²) in [6, 6.07) is 11.8. The number of unbranched alkanes of at least 4 members (excludes halogenated alkanes) is 1. The standard InChI is InChI=1S/C17H20N2OS/c1-3-4-10-20-14-7-5-6-13(11-14)16-9-8-15(17(18)21)12(2)19-16/h5-9,11H,3-4,10H2,1-2H3,(H2,18,21). The highest BCUT2D eigenvalue weighted by atomic mass is 32.1. The Morgan fingerprint density at radius 2 is 2.10 bits per heavy atom. The van der Waals surface area contributed by atoms with E-state index in [2.05, 4.69) is 11.9 Å². The van der Waals surface area contributed by atoms with Gasteiger partial charge < -0.3 is 10.5 Å². The number of nitrogens with two attached hydrogens (primary N) is 1. The summed E-state index contributed by atoms with van der Waals surface area (Å²) >= 11 is 5.01. The summed E-state index contributed by atoms with van der Waals surface area (Å²) in [6.45, 7) is 4.81. The molecule has 0 spiro atoms. The molecule has 1 aromatic carbocycles. The normalized spacial score (nSPS) is 10.4. The third-order valence-electron chi connectivity index (χ3n) is 3.25. The van der Waals surface area contributed by atoms with Crippen molar-refractivity contribution in [2.24, 2.45) is 5.73 Å². The number of nitrogens with zero attached hydrogens (tertiary/aromatic N) is 1. The van der Waals surface area contributed by atoms with E-state index < -0.39 is 0 Å². The van der Waals surface area contributed by atoms with Gasteiger partial charge in [-0.3, -0.25) is 4.98 Å². The monoisotopic (exact) mass is 300 g/mol. The second-order valence-corrected chi connectivity index (χ2v) is 5.36. The van der Waals surface area contributed by atoms with Crippen LogP contribution < -0.4 is 10.5 Å². The number of pyridine rings is 1. The van der Waals surface area contributed by atoms with Crippen molar-refractivity contribution in [1.82, 2.24) is 4.98 Å². The van der Waals surface area contributed by atoms with Gasteiger partial charge >= 0.3 is 0 Å². The largest absolute Gasteiger partial charge is 0.494 e. The summed E-state index contributed by atoms with van der Waals surface area (Å²) in [7, 11) is 0. The van der Waals surface area contributed by atoms with Gasteiger partial charge in [-0.25, -0.2) is 0 Å². The third kappa shape index (κ3) is 4.02. The van der Waals surface area contributed by atoms with E-state index >= 15 is 0 Å². The molecule has 0 aliphatic carbocycles. The summed E-state index contributed by atoms with van der Waals surface area (Å²) in [5.74, 6) is 0.874. The van der Waals surface area contributed by atoms with Crippen molar-refractivity contribution in [3.05, 3.63) is 47.7 Å². The number of hydrogen-bond donors (Lipinski definition) is 1. The van der Waals surface area contributed by atoms with E-state index in [0.29, 0.717) is 4.99 Å². The van der Waals surface area contributed by atoms with Crippen LogP contribution in [0.1, 0.15) is 31.0 Å². The maximum Gasteiger partial charge on any atom is 0.119 e. The molecule has 0 aliphatic heterocycles. The first-order valence-electron chi connectivity index (χ1n) is 7.12. The van der Waals surface area contributed by atoms with Crippen molar-refractivity contribution in [1.29, 1.82) is 0 Å². The van der Waals surface area contributed by atoms with E-state index in [9.17, 15) is 0 Å². The minimum Gasteiger partial charge on any atom is -0.494 e. The molecule has 0 aliphatic rings. The van der Waals surface area contributed by atoms with Crippen LogP contribution in [-0.2, 0) is 0 Å². The SMILES string of the molecule is CCCCOc1cccc(-c2ccc(C(N)=S)c(C)n2)c1. The van der Waals surface area contributed by atoms with E-state index in [1.165, 1.54) is 0 Å². The van der Waals surface area contributed by atoms with Crippen molar-refractivity contribution < 1.29 is 4.74 Å². The Kier molecular flexibility index (Phi) is 5.28. The predicted molar refractivity (Wildman–Crippen MR) is 90.7 cm³/mol. The molecule has 2 aromatic rings. The second-order valence-electron chi connectivity index (χ2n) is 4.92. The molecular formula is C17H20N2OS. The summed E-state index contributed by atoms with van der Waals surface area (Å²) in [5.41, 5.74) is 9.26. The lowest BCUT2D eigenvalue weighted by molar-refractivity contribution is 0.309. The quantitative estimate of drug-likeness (QED) is 0.650. The average molecular weight is 300 g/mol. The Hall–Kier alpha value is -1.94. The molecule has 0 saturated carbocycles. The summed E-state index contributed by atoms with van der Waals surface area (Å²) in [6.07, 6.45) is 2.19. The molecule has 0 radical (unpaired) electrons. The minimum atomic E-state index is 0.378. The molecule has 0 amide bonds. The van der Waals surface area contributed by atoms with Gasteiger partial charge in [-0.05, 0) is 37.6 Å². The van der Waals surface area contributed by atoms with Crippen molar-refractivity contribution in [3.8, 4) is 17.0 Å². The Labute approximate surface area is 131 Å². The van der Waals surface area contributed by atoms with Gasteiger partial charge in [-0.2, -0.15) is 0 Å². The van der Waals surface area contributed by atoms with Crippen LogP contribution >= 0.6 is 12.2 Å². The number of aromatic nitrogens is 1. The van der Waals surface area contributed by atoms with E-state index in [0.717, 1.165) is 47.7 Å². The number of rotatable bonds is 6. The van der Waals surface area contributed by atoms with Gasteiger partial charge in [0.1, 0.15) is 10.7 Å². The summed E-state index contributed by atoms with van der Waals surface area (Å²) in [5, 5.41) is 0. The Morgan fingerprint density at radius 1 is 1.29 bits per heavy atom. The molecule has 21 heavy (non-hydrogen) atoms. The zero-order valence-electron chi connectivity index (χ0n) is 12.4. The first kappa shape index (κ1) is 15.4. The van der Waals surface area contributed by atoms with Crippen LogP contribution in [0.15, 0.2) is 36.4 Å². The number of aryl methyl sites for hydroxylation is 1. The van der Waals surface area contributed by atoms with Crippen LogP contribution in [0.4, 0.5) is 0 Å². The van der Waals surface area contributed by atoms with Gasteiger partial charge in [-0.15, -0.1) is 0 Å². The lowest BCUT2D eigenvalue weighted by Gasteiger charge is -2.09. The molecule has 0 atom stereocenters. The molecule has 1 aromatic heterocycles. The fourth-order valence-electron chi connectivity index (χ4n) is 2.06. The van der Waals surface area contributed by atoms with Gasteiger partial charge in [0.2, 0.25) is 0 Å². The smallest absolute Gasteiger partial charge is 0.119 e. The first-order valence-corrected chi connectivity index (χ1v) is 7.53. The summed E-state index contributed by atoms with van der Waals surface area (Å²) in [4.78, 5) is 4.96. The number of hydrogen-bond acceptors (Lipinski definition) is 3. The maximum absolute atomic E-state index is 5.73. The van der Waals surface area contributed by atoms with Crippen LogP contribution in [0.3, 0.4) is 0 Å². The molecule has 110 valence electrons. The average Bonchev–Trinajstić information content (AvgIpc) is 2.47. The minimum absolute atomic E-state index is 0.378. The maximum atomic E-state index is 5.73. The van der Waals surface area contributed by atoms with Crippen LogP contribution in [0.2, 0.25) is 0 Å². The van der Waals surface area contributed by atoms with Gasteiger partial charge in [0, 0.05) is 16.8 Å². The predicted octanol–water partition coefficient (Wildman–Crippen LogP) is 3.87. The molecule has 2 rings (SSSR count). The fraction of sp³-hybridized carbons (Fsp3) is 0.294. The molecule has 2 N–H and O–H groups in total. The Bertz CT molecular complexity index is 640. The van der Waals surface area contributed by atoms with Crippen molar-refractivity contribution in [2.45, 2.75) is 26.7 Å². The highest BCUT2D eigenvalue weighted by Crippen LogP contribution is 2.23. The highest BCUT2D eigenvalue weighted by Gasteiger charge is 2.06. The van der Waals surface area contributed by atoms with Crippen LogP contribution in [0, 0.1) is 6.92 Å². The number of thiocarbonyl (C=S) groups is 1. The summed E-state index contributed by atoms with van der Waals surface area (Å²) < 4.78 is 5.73. The van der Waals surface area contributed by atoms with Crippen molar-refractivity contribution in [3.63, 3.8) is 0 Å². The van der Waals surface area contributed by atoms with Gasteiger partial charge in [0.15, 0.2) is 0 Å². The molecule has 0 bridgehead atoms. The Balaban J connectivity index is 2.23. The topological polar surface area (TPSA) is 48.1 Å². The van der Waals surface area contributed by atoms with Crippen LogP contribution in [-0.4, -0.2) is 16.6 Å². The molecule has 4 heteroatoms. The van der Waals surface area contributed by atoms with Gasteiger partial charge in [0.05, 0.1) is 12.3 Å². The highest BCUT2D eigenvalue weighted by molar-refractivity contribution is 7.80. The molecule has 0 fully saturated rings. The zero-order valence-corrected chi connectivity index (χ0v) is 13.2. The second kappa shape index (κ2) is 7.18. The first-order chi connectivity index (χ1) is 10.1. The molecule has 3 nitrogen and oxygen atoms in total. The van der Waals surface area contributed by atoms with E-state index in [4.69, 9.17) is 22.7 Å². The lowest BCUT2D eigenvalue weighted by atomic mass is 10.1. The van der Waals surface area contributed by atoms with E-state index in [1.54, 1.807) is 0 Å². The molecular weight excluding hydrogens is 280 g/mol. The Morgan fingerprint density at radius 3 is 2.76 bits per heavy atom. The molecule has 0 unspecified atom stereocenters. The fourth-order valence-corrected chi connectivity index (χ4v) is 2.28. The van der Waals surface area contributed by atoms with E-state index in [-0.39, 0.29) is 0 Å². The van der Waals surface area contributed by atoms with Gasteiger partial charge in [-0.1, -0.05) is 37.7 Å². The van der Waals surface area contributed by atoms with Crippen molar-refractivity contribution in [2.75, 3.05) is 6.61 Å². The number of benzene rings is 1.